The lowest BCUT2D eigenvalue weighted by Gasteiger charge is -2.19. The number of aromatic nitrogens is 24. The molecular weight excluding hydrogens is 1650 g/mol. The second kappa shape index (κ2) is 46.2. The third kappa shape index (κ3) is 28.2. The first kappa shape index (κ1) is 91.8. The first-order chi connectivity index (χ1) is 56.1. The summed E-state index contributed by atoms with van der Waals surface area (Å²) in [4.78, 5) is 78.7. The van der Waals surface area contributed by atoms with Crippen molar-refractivity contribution in [3.05, 3.63) is 253 Å². The SMILES string of the molecule is CC(C)(C)OC(=O)NCc1cc(Cl)nnc1Cl.CCOC(=O)c1cc(CC)c(-n2ccnc2)nn1.CCOC(=O)c1nnc(-n2ccnc2)cc1CC.CCc1cc(-n2ccnc2)nnc1Cl.CCc1cc(C(=O)Nc2cc(F)c(F)cc2C(=O)OC)nnc1-n1ccnc1.CCc1cc(Cl)nnc1-n1ccnc1.Clc1ccc(Cl)nn1. The Morgan fingerprint density at radius 1 is 0.419 bits per heavy atom. The maximum Gasteiger partial charge on any atom is 0.407 e. The number of hydrogen-bond donors (Lipinski definition) is 2. The Morgan fingerprint density at radius 3 is 1.28 bits per heavy atom. The minimum absolute atomic E-state index is 0.0544. The molecule has 0 fully saturated rings. The maximum atomic E-state index is 13.6. The summed E-state index contributed by atoms with van der Waals surface area (Å²) in [6, 6.07) is 14.8. The summed E-state index contributed by atoms with van der Waals surface area (Å²) in [5.74, 6) is -1.65. The van der Waals surface area contributed by atoms with Gasteiger partial charge in [0.2, 0.25) is 0 Å². The van der Waals surface area contributed by atoms with Crippen molar-refractivity contribution in [2.24, 2.45) is 0 Å². The number of anilines is 1. The van der Waals surface area contributed by atoms with Crippen LogP contribution in [0.25, 0.3) is 29.1 Å². The van der Waals surface area contributed by atoms with Gasteiger partial charge in [-0.05, 0) is 144 Å². The Hall–Kier alpha value is -12.4. The van der Waals surface area contributed by atoms with Crippen LogP contribution in [0.15, 0.2) is 154 Å². The van der Waals surface area contributed by atoms with Crippen LogP contribution in [-0.2, 0) is 57.6 Å². The van der Waals surface area contributed by atoms with Gasteiger partial charge >= 0.3 is 24.0 Å². The van der Waals surface area contributed by atoms with Crippen LogP contribution in [0, 0.1) is 11.6 Å². The number of hydrogen-bond acceptors (Lipinski definition) is 28. The Kier molecular flexibility index (Phi) is 36.2. The van der Waals surface area contributed by atoms with Crippen LogP contribution in [0.2, 0.25) is 30.9 Å². The van der Waals surface area contributed by atoms with Crippen molar-refractivity contribution in [2.45, 2.75) is 113 Å². The van der Waals surface area contributed by atoms with Gasteiger partial charge in [-0.15, -0.1) is 71.4 Å². The lowest BCUT2D eigenvalue weighted by atomic mass is 10.1. The van der Waals surface area contributed by atoms with E-state index in [0.29, 0.717) is 81.8 Å². The van der Waals surface area contributed by atoms with Gasteiger partial charge in [-0.2, -0.15) is 0 Å². The summed E-state index contributed by atoms with van der Waals surface area (Å²) in [5, 5.41) is 60.6. The quantitative estimate of drug-likeness (QED) is 0.0561. The van der Waals surface area contributed by atoms with Crippen LogP contribution < -0.4 is 10.6 Å². The third-order valence-corrected chi connectivity index (χ3v) is 16.4. The fraction of sp³-hybridized carbons (Fsp3) is 0.270. The molecule has 0 aliphatic heterocycles. The van der Waals surface area contributed by atoms with Crippen LogP contribution in [0.3, 0.4) is 0 Å². The van der Waals surface area contributed by atoms with Gasteiger partial charge in [-0.3, -0.25) is 27.6 Å². The molecule has 2 N–H and O–H groups in total. The summed E-state index contributed by atoms with van der Waals surface area (Å²) < 4.78 is 55.3. The van der Waals surface area contributed by atoms with Gasteiger partial charge in [-0.1, -0.05) is 104 Å². The highest BCUT2D eigenvalue weighted by Crippen LogP contribution is 2.25. The molecule has 2 amide bonds. The van der Waals surface area contributed by atoms with E-state index >= 15 is 0 Å². The van der Waals surface area contributed by atoms with E-state index in [4.69, 9.17) is 83.8 Å². The van der Waals surface area contributed by atoms with Crippen LogP contribution in [0.5, 0.6) is 0 Å². The van der Waals surface area contributed by atoms with Crippen LogP contribution in [-0.4, -0.2) is 175 Å². The number of carbonyl (C=O) groups excluding carboxylic acids is 5. The first-order valence-electron chi connectivity index (χ1n) is 35.2. The molecule has 0 atom stereocenters. The Morgan fingerprint density at radius 2 is 0.821 bits per heavy atom. The Bertz CT molecular complexity index is 5330. The zero-order valence-corrected chi connectivity index (χ0v) is 69.1. The topological polar surface area (TPSA) is 416 Å². The molecule has 0 saturated heterocycles. The molecule has 612 valence electrons. The lowest BCUT2D eigenvalue weighted by Crippen LogP contribution is -2.32. The molecule has 1 aromatic carbocycles. The molecule has 0 unspecified atom stereocenters. The van der Waals surface area contributed by atoms with Crippen LogP contribution in [0.1, 0.15) is 144 Å². The Labute approximate surface area is 698 Å². The fourth-order valence-corrected chi connectivity index (χ4v) is 10.3. The largest absolute Gasteiger partial charge is 0.465 e. The number of methoxy groups -OCH3 is 1. The van der Waals surface area contributed by atoms with Gasteiger partial charge in [0.25, 0.3) is 5.91 Å². The van der Waals surface area contributed by atoms with Crippen molar-refractivity contribution in [1.29, 1.82) is 0 Å². The second-order valence-corrected chi connectivity index (χ2v) is 26.4. The zero-order valence-electron chi connectivity index (χ0n) is 64.5. The van der Waals surface area contributed by atoms with Gasteiger partial charge in [0, 0.05) is 85.7 Å². The van der Waals surface area contributed by atoms with E-state index in [1.54, 1.807) is 152 Å². The molecule has 35 nitrogen and oxygen atoms in total. The average molecular weight is 1720 g/mol. The van der Waals surface area contributed by atoms with Gasteiger partial charge in [0.15, 0.2) is 88.7 Å². The summed E-state index contributed by atoms with van der Waals surface area (Å²) in [7, 11) is 1.09. The maximum absolute atomic E-state index is 13.6. The Balaban J connectivity index is 0.000000193. The van der Waals surface area contributed by atoms with Crippen LogP contribution >= 0.6 is 69.6 Å². The highest BCUT2D eigenvalue weighted by atomic mass is 35.5. The number of amides is 2. The number of halogens is 8. The number of alkyl carbamates (subject to hydrolysis) is 1. The van der Waals surface area contributed by atoms with Gasteiger partial charge < -0.3 is 29.6 Å². The van der Waals surface area contributed by atoms with Gasteiger partial charge in [0.05, 0.1) is 31.6 Å². The summed E-state index contributed by atoms with van der Waals surface area (Å²) in [6.07, 6.45) is 28.6. The molecule has 43 heteroatoms. The molecule has 0 aliphatic carbocycles. The monoisotopic (exact) mass is 1720 g/mol. The molecule has 12 aromatic heterocycles. The third-order valence-electron chi connectivity index (χ3n) is 15.0. The summed E-state index contributed by atoms with van der Waals surface area (Å²) in [5.41, 5.74) is 4.44. The summed E-state index contributed by atoms with van der Waals surface area (Å²) in [6.45, 7) is 19.6. The first-order valence-corrected chi connectivity index (χ1v) is 37.5. The van der Waals surface area contributed by atoms with Crippen molar-refractivity contribution >= 4 is 105 Å². The molecule has 117 heavy (non-hydrogen) atoms. The molecule has 0 spiro atoms. The molecule has 12 heterocycles. The number of rotatable bonds is 19. The second-order valence-electron chi connectivity index (χ2n) is 24.1. The van der Waals surface area contributed by atoms with E-state index in [0.717, 1.165) is 65.8 Å². The van der Waals surface area contributed by atoms with Gasteiger partial charge in [0.1, 0.15) is 37.2 Å². The van der Waals surface area contributed by atoms with E-state index in [1.165, 1.54) is 12.1 Å². The predicted molar refractivity (Wildman–Crippen MR) is 427 cm³/mol. The minimum atomic E-state index is -1.24. The van der Waals surface area contributed by atoms with Crippen molar-refractivity contribution in [3.63, 3.8) is 0 Å². The smallest absolute Gasteiger partial charge is 0.407 e. The van der Waals surface area contributed by atoms with Crippen molar-refractivity contribution in [2.75, 3.05) is 25.6 Å². The summed E-state index contributed by atoms with van der Waals surface area (Å²) >= 11 is 33.8. The van der Waals surface area contributed by atoms with Crippen molar-refractivity contribution in [1.82, 2.24) is 124 Å². The van der Waals surface area contributed by atoms with Crippen LogP contribution in [0.4, 0.5) is 19.3 Å². The highest BCUT2D eigenvalue weighted by Gasteiger charge is 2.23. The van der Waals surface area contributed by atoms with Crippen molar-refractivity contribution in [3.8, 4) is 29.1 Å². The number of nitrogens with zero attached hydrogens (tertiary/aromatic N) is 24. The normalized spacial score (nSPS) is 10.5. The van der Waals surface area contributed by atoms with E-state index in [9.17, 15) is 32.8 Å². The number of carbonyl (C=O) groups is 5. The fourth-order valence-electron chi connectivity index (χ4n) is 9.41. The van der Waals surface area contributed by atoms with E-state index in [1.807, 2.05) is 69.8 Å². The molecule has 13 rings (SSSR count). The molecule has 0 bridgehead atoms. The lowest BCUT2D eigenvalue weighted by molar-refractivity contribution is 0.0507. The number of benzene rings is 1. The minimum Gasteiger partial charge on any atom is -0.465 e. The number of aryl methyl sites for hydroxylation is 5. The zero-order chi connectivity index (χ0) is 85.1. The van der Waals surface area contributed by atoms with Gasteiger partial charge in [-0.25, -0.2) is 52.9 Å². The highest BCUT2D eigenvalue weighted by molar-refractivity contribution is 6.32. The number of esters is 3. The molecule has 0 radical (unpaired) electrons. The standard InChI is InChI=1S/C18H15F2N5O3.2C12H14N4O2.C10H13Cl2N3O2.2C9H9ClN4.C4H2Cl2N2/c1-3-10-6-15(23-24-16(10)25-5-4-21-9-25)17(26)22-14-8-13(20)12(19)7-11(14)18(27)28-2;1-3-9-7-10(16-6-5-13-8-16)14-15-11(9)12(17)18-4-2;1-3-9-7-10(12(17)18-4-2)14-15-11(9)16-6-5-13-8-16;1-10(2,3)17-9(16)13-5-6-4-7(11)14-15-8(6)12;1-2-7-5-8(12-13-9(7)10)14-4-3-11-6-14;1-2-7-5-8(10)12-13-9(7)14-4-3-11-6-14;5-3-1-2-4(6)8-7-3/h4-9H,3H2,1-2H3,(H,22,26);2*5-8H,3-4H2,1-2H3;4H,5H2,1-3H3,(H,13,16);2*3-6H,2H2,1H3;1-2H. The molecule has 13 aromatic rings. The predicted octanol–water partition coefficient (Wildman–Crippen LogP) is 13.7. The van der Waals surface area contributed by atoms with Crippen molar-refractivity contribution < 1.29 is 51.7 Å². The van der Waals surface area contributed by atoms with E-state index in [-0.39, 0.29) is 45.2 Å². The van der Waals surface area contributed by atoms with E-state index < -0.39 is 47.1 Å². The average Bonchev–Trinajstić information content (AvgIpc) is 1.63. The molecule has 0 saturated carbocycles. The number of imidazole rings is 5. The van der Waals surface area contributed by atoms with E-state index in [2.05, 4.69) is 112 Å². The molecule has 0 aliphatic rings. The molecular formula is C74H76Cl6F2N26O9. The number of ether oxygens (including phenoxy) is 4. The number of nitrogens with one attached hydrogen (secondary N) is 2.